The van der Waals surface area contributed by atoms with Crippen LogP contribution in [0.4, 0.5) is 0 Å². The highest BCUT2D eigenvalue weighted by atomic mass is 31.2. The molecule has 0 saturated carbocycles. The van der Waals surface area contributed by atoms with Crippen LogP contribution >= 0.6 is 7.82 Å². The fourth-order valence-corrected chi connectivity index (χ4v) is 6.23. The van der Waals surface area contributed by atoms with Crippen LogP contribution in [-0.2, 0) is 18.4 Å². The molecule has 45 heavy (non-hydrogen) atoms. The smallest absolute Gasteiger partial charge is 0.268 e. The maximum Gasteiger partial charge on any atom is 0.268 e. The first-order chi connectivity index (χ1) is 21.5. The van der Waals surface area contributed by atoms with Crippen molar-refractivity contribution >= 4 is 13.7 Å². The molecule has 0 spiro atoms. The quantitative estimate of drug-likeness (QED) is 0.0405. The number of rotatable bonds is 34. The van der Waals surface area contributed by atoms with E-state index < -0.39 is 20.0 Å². The van der Waals surface area contributed by atoms with Gasteiger partial charge in [-0.25, -0.2) is 0 Å². The van der Waals surface area contributed by atoms with E-state index in [0.717, 1.165) is 38.5 Å². The van der Waals surface area contributed by atoms with Gasteiger partial charge in [0.25, 0.3) is 7.82 Å². The van der Waals surface area contributed by atoms with Crippen molar-refractivity contribution in [3.8, 4) is 0 Å². The molecule has 3 atom stereocenters. The largest absolute Gasteiger partial charge is 0.756 e. The summed E-state index contributed by atoms with van der Waals surface area (Å²) in [5.41, 5.74) is 0. The minimum Gasteiger partial charge on any atom is -0.756 e. The second-order valence-corrected chi connectivity index (χ2v) is 15.7. The van der Waals surface area contributed by atoms with Gasteiger partial charge in [0, 0.05) is 6.42 Å². The van der Waals surface area contributed by atoms with Crippen LogP contribution in [0.2, 0.25) is 0 Å². The number of nitrogens with zero attached hydrogens (tertiary/aromatic N) is 1. The Labute approximate surface area is 279 Å². The molecule has 0 heterocycles. The van der Waals surface area contributed by atoms with Crippen molar-refractivity contribution in [2.24, 2.45) is 0 Å². The highest BCUT2D eigenvalue weighted by Gasteiger charge is 2.24. The number of unbranched alkanes of at least 4 members (excludes halogenated alkanes) is 21. The number of quaternary nitrogens is 1. The molecule has 1 amide bonds. The maximum absolute atomic E-state index is 12.7. The number of hydrogen-bond acceptors (Lipinski definition) is 6. The van der Waals surface area contributed by atoms with Crippen LogP contribution in [0.15, 0.2) is 0 Å². The van der Waals surface area contributed by atoms with Gasteiger partial charge in [-0.15, -0.1) is 0 Å². The van der Waals surface area contributed by atoms with Crippen LogP contribution in [0.3, 0.4) is 0 Å². The van der Waals surface area contributed by atoms with E-state index in [1.807, 2.05) is 21.1 Å². The minimum absolute atomic E-state index is 0.0152. The molecule has 0 aromatic rings. The van der Waals surface area contributed by atoms with Gasteiger partial charge in [-0.1, -0.05) is 155 Å². The van der Waals surface area contributed by atoms with Crippen LogP contribution in [0, 0.1) is 0 Å². The molecule has 0 fully saturated rings. The lowest BCUT2D eigenvalue weighted by atomic mass is 10.0. The standard InChI is InChI=1S/C36H75N2O6P/c1-6-8-10-12-14-15-16-17-18-19-20-21-22-24-25-27-29-35(39)34(33-44-45(41,42)43-32-31-38(3,4)5)37-36(40)30-28-26-23-13-11-9-7-2/h34-35,39H,6-33H2,1-5H3,(H-,37,40,41,42)/t34-,35+/m0/s1. The molecule has 0 radical (unpaired) electrons. The van der Waals surface area contributed by atoms with Gasteiger partial charge in [-0.3, -0.25) is 9.36 Å². The van der Waals surface area contributed by atoms with E-state index in [1.54, 1.807) is 0 Å². The number of phosphoric acid groups is 1. The first-order valence-corrected chi connectivity index (χ1v) is 20.3. The summed E-state index contributed by atoms with van der Waals surface area (Å²) in [5.74, 6) is -0.171. The Morgan fingerprint density at radius 3 is 1.51 bits per heavy atom. The molecule has 0 aromatic heterocycles. The maximum atomic E-state index is 12.7. The van der Waals surface area contributed by atoms with E-state index in [2.05, 4.69) is 19.2 Å². The van der Waals surface area contributed by atoms with Crippen LogP contribution in [0.25, 0.3) is 0 Å². The van der Waals surface area contributed by atoms with Gasteiger partial charge in [0.05, 0.1) is 39.9 Å². The third kappa shape index (κ3) is 31.8. The summed E-state index contributed by atoms with van der Waals surface area (Å²) in [6, 6.07) is -0.789. The number of likely N-dealkylation sites (N-methyl/N-ethyl adjacent to an activating group) is 1. The van der Waals surface area contributed by atoms with E-state index in [-0.39, 0.29) is 19.1 Å². The molecular formula is C36H75N2O6P. The van der Waals surface area contributed by atoms with Crippen molar-refractivity contribution in [2.75, 3.05) is 40.9 Å². The van der Waals surface area contributed by atoms with E-state index in [9.17, 15) is 19.4 Å². The molecule has 0 aliphatic rings. The average Bonchev–Trinajstić information content (AvgIpc) is 2.97. The molecule has 9 heteroatoms. The fourth-order valence-electron chi connectivity index (χ4n) is 5.51. The molecule has 0 aliphatic carbocycles. The molecule has 8 nitrogen and oxygen atoms in total. The van der Waals surface area contributed by atoms with Crippen molar-refractivity contribution in [3.05, 3.63) is 0 Å². The number of hydrogen-bond donors (Lipinski definition) is 2. The Bertz CT molecular complexity index is 718. The molecule has 0 aliphatic heterocycles. The van der Waals surface area contributed by atoms with Gasteiger partial charge < -0.3 is 28.8 Å². The Morgan fingerprint density at radius 2 is 1.09 bits per heavy atom. The van der Waals surface area contributed by atoms with Crippen molar-refractivity contribution in [1.82, 2.24) is 5.32 Å². The van der Waals surface area contributed by atoms with Crippen LogP contribution in [0.5, 0.6) is 0 Å². The fraction of sp³-hybridized carbons (Fsp3) is 0.972. The second-order valence-electron chi connectivity index (χ2n) is 14.3. The molecule has 2 N–H and O–H groups in total. The van der Waals surface area contributed by atoms with Crippen LogP contribution < -0.4 is 10.2 Å². The molecule has 0 bridgehead atoms. The summed E-state index contributed by atoms with van der Waals surface area (Å²) in [5, 5.41) is 13.8. The first kappa shape index (κ1) is 44.5. The highest BCUT2D eigenvalue weighted by molar-refractivity contribution is 7.45. The van der Waals surface area contributed by atoms with E-state index in [0.29, 0.717) is 23.9 Å². The number of carbonyl (C=O) groups is 1. The summed E-state index contributed by atoms with van der Waals surface area (Å²) < 4.78 is 23.1. The predicted octanol–water partition coefficient (Wildman–Crippen LogP) is 8.83. The first-order valence-electron chi connectivity index (χ1n) is 18.9. The molecule has 0 saturated heterocycles. The minimum atomic E-state index is -4.54. The van der Waals surface area contributed by atoms with Crippen molar-refractivity contribution in [1.29, 1.82) is 0 Å². The summed E-state index contributed by atoms with van der Waals surface area (Å²) in [7, 11) is 1.31. The van der Waals surface area contributed by atoms with Gasteiger partial charge in [-0.05, 0) is 12.8 Å². The lowest BCUT2D eigenvalue weighted by Gasteiger charge is -2.30. The monoisotopic (exact) mass is 663 g/mol. The molecule has 270 valence electrons. The number of amides is 1. The third-order valence-corrected chi connectivity index (χ3v) is 9.56. The number of carbonyl (C=O) groups excluding carboxylic acids is 1. The van der Waals surface area contributed by atoms with Gasteiger partial charge in [0.1, 0.15) is 13.2 Å². The van der Waals surface area contributed by atoms with Crippen LogP contribution in [-0.4, -0.2) is 68.5 Å². The highest BCUT2D eigenvalue weighted by Crippen LogP contribution is 2.38. The Kier molecular flexibility index (Phi) is 29.3. The number of phosphoric ester groups is 1. The number of nitrogens with one attached hydrogen (secondary N) is 1. The van der Waals surface area contributed by atoms with E-state index in [4.69, 9.17) is 9.05 Å². The predicted molar refractivity (Wildman–Crippen MR) is 187 cm³/mol. The SMILES string of the molecule is CCCCCCCCCCCCCCCCCC[C@@H](O)[C@H](COP(=O)([O-])OCC[N+](C)(C)C)NC(=O)CCCCCCCCC. The van der Waals surface area contributed by atoms with Gasteiger partial charge in [-0.2, -0.15) is 0 Å². The Balaban J connectivity index is 4.35. The summed E-state index contributed by atoms with van der Waals surface area (Å²) in [4.78, 5) is 25.0. The normalized spacial score (nSPS) is 14.7. The molecule has 1 unspecified atom stereocenters. The molecule has 0 rings (SSSR count). The van der Waals surface area contributed by atoms with Gasteiger partial charge in [0.2, 0.25) is 5.91 Å². The average molecular weight is 663 g/mol. The molecule has 0 aromatic carbocycles. The Hall–Kier alpha value is -0.500. The van der Waals surface area contributed by atoms with Crippen LogP contribution in [0.1, 0.15) is 174 Å². The second kappa shape index (κ2) is 29.6. The lowest BCUT2D eigenvalue weighted by molar-refractivity contribution is -0.870. The summed E-state index contributed by atoms with van der Waals surface area (Å²) in [6.07, 6.45) is 28.3. The van der Waals surface area contributed by atoms with E-state index >= 15 is 0 Å². The summed E-state index contributed by atoms with van der Waals surface area (Å²) >= 11 is 0. The zero-order chi connectivity index (χ0) is 33.7. The zero-order valence-corrected chi connectivity index (χ0v) is 31.2. The number of aliphatic hydroxyl groups excluding tert-OH is 1. The Morgan fingerprint density at radius 1 is 0.689 bits per heavy atom. The zero-order valence-electron chi connectivity index (χ0n) is 30.3. The van der Waals surface area contributed by atoms with Crippen molar-refractivity contribution < 1.29 is 32.9 Å². The van der Waals surface area contributed by atoms with Gasteiger partial charge in [0.15, 0.2) is 0 Å². The summed E-state index contributed by atoms with van der Waals surface area (Å²) in [6.45, 7) is 4.66. The third-order valence-electron chi connectivity index (χ3n) is 8.60. The van der Waals surface area contributed by atoms with Gasteiger partial charge >= 0.3 is 0 Å². The lowest BCUT2D eigenvalue weighted by Crippen LogP contribution is -2.46. The molecular weight excluding hydrogens is 587 g/mol. The van der Waals surface area contributed by atoms with Crippen molar-refractivity contribution in [3.63, 3.8) is 0 Å². The van der Waals surface area contributed by atoms with E-state index in [1.165, 1.54) is 109 Å². The number of aliphatic hydroxyl groups is 1. The van der Waals surface area contributed by atoms with Crippen molar-refractivity contribution in [2.45, 2.75) is 187 Å². The topological polar surface area (TPSA) is 108 Å².